The van der Waals surface area contributed by atoms with Gasteiger partial charge in [0.15, 0.2) is 0 Å². The molecule has 1 atom stereocenters. The standard InChI is InChI=1S/C12H16BrNO3S/c1-3-17-8-4-5-10(14)11(6-8)18-7-9(13)12(15)16-2/h4-6,9H,3,7,14H2,1-2H3. The summed E-state index contributed by atoms with van der Waals surface area (Å²) in [7, 11) is 1.37. The van der Waals surface area contributed by atoms with Crippen LogP contribution in [0.25, 0.3) is 0 Å². The molecule has 0 bridgehead atoms. The van der Waals surface area contributed by atoms with Gasteiger partial charge in [0.2, 0.25) is 0 Å². The van der Waals surface area contributed by atoms with E-state index >= 15 is 0 Å². The molecule has 4 nitrogen and oxygen atoms in total. The Kier molecular flexibility index (Phi) is 6.35. The number of carbonyl (C=O) groups excluding carboxylic acids is 1. The molecular weight excluding hydrogens is 318 g/mol. The second kappa shape index (κ2) is 7.53. The minimum absolute atomic E-state index is 0.290. The Balaban J connectivity index is 2.65. The predicted molar refractivity (Wildman–Crippen MR) is 77.5 cm³/mol. The van der Waals surface area contributed by atoms with Crippen molar-refractivity contribution in [2.45, 2.75) is 16.6 Å². The molecule has 0 heterocycles. The van der Waals surface area contributed by atoms with Crippen molar-refractivity contribution in [1.29, 1.82) is 0 Å². The summed E-state index contributed by atoms with van der Waals surface area (Å²) in [5, 5.41) is 0. The number of halogens is 1. The summed E-state index contributed by atoms with van der Waals surface area (Å²) in [6.07, 6.45) is 0. The van der Waals surface area contributed by atoms with E-state index in [-0.39, 0.29) is 10.8 Å². The second-order valence-corrected chi connectivity index (χ2v) is 5.60. The zero-order valence-electron chi connectivity index (χ0n) is 10.3. The van der Waals surface area contributed by atoms with Gasteiger partial charge in [0.05, 0.1) is 13.7 Å². The van der Waals surface area contributed by atoms with Crippen LogP contribution in [-0.4, -0.2) is 30.3 Å². The maximum atomic E-state index is 11.2. The van der Waals surface area contributed by atoms with Crippen LogP contribution in [0.1, 0.15) is 6.92 Å². The van der Waals surface area contributed by atoms with E-state index in [1.807, 2.05) is 19.1 Å². The monoisotopic (exact) mass is 333 g/mol. The minimum atomic E-state index is -0.345. The van der Waals surface area contributed by atoms with E-state index < -0.39 is 0 Å². The SMILES string of the molecule is CCOc1ccc(N)c(SCC(Br)C(=O)OC)c1. The number of hydrogen-bond donors (Lipinski definition) is 1. The Morgan fingerprint density at radius 1 is 1.56 bits per heavy atom. The van der Waals surface area contributed by atoms with Crippen molar-refractivity contribution in [2.75, 3.05) is 25.2 Å². The van der Waals surface area contributed by atoms with E-state index in [1.54, 1.807) is 6.07 Å². The smallest absolute Gasteiger partial charge is 0.320 e. The van der Waals surface area contributed by atoms with E-state index in [0.717, 1.165) is 10.6 Å². The summed E-state index contributed by atoms with van der Waals surface area (Å²) in [6.45, 7) is 2.53. The largest absolute Gasteiger partial charge is 0.494 e. The lowest BCUT2D eigenvalue weighted by Gasteiger charge is -2.10. The first kappa shape index (κ1) is 15.2. The van der Waals surface area contributed by atoms with Gasteiger partial charge >= 0.3 is 5.97 Å². The first-order valence-corrected chi connectivity index (χ1v) is 7.35. The van der Waals surface area contributed by atoms with Gasteiger partial charge in [-0.2, -0.15) is 0 Å². The zero-order chi connectivity index (χ0) is 13.5. The summed E-state index contributed by atoms with van der Waals surface area (Å²) in [6, 6.07) is 5.50. The van der Waals surface area contributed by atoms with Crippen LogP contribution in [-0.2, 0) is 9.53 Å². The van der Waals surface area contributed by atoms with E-state index in [1.165, 1.54) is 18.9 Å². The third kappa shape index (κ3) is 4.42. The van der Waals surface area contributed by atoms with Crippen molar-refractivity contribution in [2.24, 2.45) is 0 Å². The fraction of sp³-hybridized carbons (Fsp3) is 0.417. The number of methoxy groups -OCH3 is 1. The molecule has 1 aromatic carbocycles. The summed E-state index contributed by atoms with van der Waals surface area (Å²) in [5.74, 6) is 1.03. The number of benzene rings is 1. The van der Waals surface area contributed by atoms with Crippen molar-refractivity contribution in [1.82, 2.24) is 0 Å². The lowest BCUT2D eigenvalue weighted by atomic mass is 10.3. The van der Waals surface area contributed by atoms with Gasteiger partial charge in [-0.15, -0.1) is 11.8 Å². The van der Waals surface area contributed by atoms with E-state index in [2.05, 4.69) is 20.7 Å². The number of anilines is 1. The molecule has 100 valence electrons. The van der Waals surface area contributed by atoms with Crippen LogP contribution in [0.3, 0.4) is 0 Å². The van der Waals surface area contributed by atoms with Crippen LogP contribution >= 0.6 is 27.7 Å². The van der Waals surface area contributed by atoms with Crippen molar-refractivity contribution < 1.29 is 14.3 Å². The Bertz CT molecular complexity index is 414. The molecule has 6 heteroatoms. The number of alkyl halides is 1. The molecule has 0 aliphatic heterocycles. The number of nitrogen functional groups attached to an aromatic ring is 1. The van der Waals surface area contributed by atoms with Gasteiger partial charge in [-0.25, -0.2) is 0 Å². The highest BCUT2D eigenvalue weighted by Gasteiger charge is 2.16. The van der Waals surface area contributed by atoms with Gasteiger partial charge in [0.1, 0.15) is 10.6 Å². The molecule has 1 aromatic rings. The summed E-state index contributed by atoms with van der Waals surface area (Å²) < 4.78 is 10.0. The van der Waals surface area contributed by atoms with Gasteiger partial charge in [0.25, 0.3) is 0 Å². The highest BCUT2D eigenvalue weighted by molar-refractivity contribution is 9.10. The van der Waals surface area contributed by atoms with Crippen LogP contribution in [0.4, 0.5) is 5.69 Å². The third-order valence-electron chi connectivity index (χ3n) is 2.14. The molecule has 1 unspecified atom stereocenters. The maximum absolute atomic E-state index is 11.2. The molecule has 0 radical (unpaired) electrons. The lowest BCUT2D eigenvalue weighted by molar-refractivity contribution is -0.139. The number of esters is 1. The van der Waals surface area contributed by atoms with Crippen molar-refractivity contribution in [3.63, 3.8) is 0 Å². The van der Waals surface area contributed by atoms with Crippen LogP contribution in [0.2, 0.25) is 0 Å². The fourth-order valence-electron chi connectivity index (χ4n) is 1.26. The summed E-state index contributed by atoms with van der Waals surface area (Å²) in [4.78, 5) is 11.8. The van der Waals surface area contributed by atoms with Gasteiger partial charge in [0, 0.05) is 16.3 Å². The molecule has 18 heavy (non-hydrogen) atoms. The number of thioether (sulfide) groups is 1. The Morgan fingerprint density at radius 3 is 2.89 bits per heavy atom. The number of rotatable bonds is 6. The normalized spacial score (nSPS) is 11.9. The van der Waals surface area contributed by atoms with Crippen LogP contribution in [0, 0.1) is 0 Å². The predicted octanol–water partition coefficient (Wildman–Crippen LogP) is 2.70. The number of hydrogen-bond acceptors (Lipinski definition) is 5. The fourth-order valence-corrected chi connectivity index (χ4v) is 2.73. The summed E-state index contributed by atoms with van der Waals surface area (Å²) in [5.41, 5.74) is 6.55. The molecule has 0 aromatic heterocycles. The molecule has 0 aliphatic rings. The molecule has 0 saturated carbocycles. The van der Waals surface area contributed by atoms with E-state index in [4.69, 9.17) is 10.5 Å². The highest BCUT2D eigenvalue weighted by Crippen LogP contribution is 2.30. The molecule has 0 fully saturated rings. The highest BCUT2D eigenvalue weighted by atomic mass is 79.9. The van der Waals surface area contributed by atoms with Crippen LogP contribution in [0.5, 0.6) is 5.75 Å². The van der Waals surface area contributed by atoms with Crippen LogP contribution < -0.4 is 10.5 Å². The Labute approximate surface area is 119 Å². The second-order valence-electron chi connectivity index (χ2n) is 3.43. The van der Waals surface area contributed by atoms with Gasteiger partial charge in [-0.1, -0.05) is 15.9 Å². The molecule has 2 N–H and O–H groups in total. The average molecular weight is 334 g/mol. The first-order chi connectivity index (χ1) is 8.58. The van der Waals surface area contributed by atoms with E-state index in [9.17, 15) is 4.79 Å². The van der Waals surface area contributed by atoms with Gasteiger partial charge in [-0.05, 0) is 25.1 Å². The topological polar surface area (TPSA) is 61.5 Å². The lowest BCUT2D eigenvalue weighted by Crippen LogP contribution is -2.17. The quantitative estimate of drug-likeness (QED) is 0.375. The van der Waals surface area contributed by atoms with Gasteiger partial charge in [-0.3, -0.25) is 4.79 Å². The van der Waals surface area contributed by atoms with Crippen molar-refractivity contribution in [3.8, 4) is 5.75 Å². The van der Waals surface area contributed by atoms with Crippen LogP contribution in [0.15, 0.2) is 23.1 Å². The van der Waals surface area contributed by atoms with E-state index in [0.29, 0.717) is 18.0 Å². The maximum Gasteiger partial charge on any atom is 0.320 e. The van der Waals surface area contributed by atoms with Crippen molar-refractivity contribution in [3.05, 3.63) is 18.2 Å². The molecule has 1 rings (SSSR count). The molecule has 0 saturated heterocycles. The van der Waals surface area contributed by atoms with Crippen molar-refractivity contribution >= 4 is 39.3 Å². The number of carbonyl (C=O) groups is 1. The Morgan fingerprint density at radius 2 is 2.28 bits per heavy atom. The molecule has 0 amide bonds. The van der Waals surface area contributed by atoms with Gasteiger partial charge < -0.3 is 15.2 Å². The molecule has 0 aliphatic carbocycles. The summed E-state index contributed by atoms with van der Waals surface area (Å²) >= 11 is 4.75. The third-order valence-corrected chi connectivity index (χ3v) is 4.43. The zero-order valence-corrected chi connectivity index (χ0v) is 12.7. The minimum Gasteiger partial charge on any atom is -0.494 e. The molecule has 0 spiro atoms. The number of ether oxygens (including phenoxy) is 2. The first-order valence-electron chi connectivity index (χ1n) is 5.45. The molecular formula is C12H16BrNO3S. The average Bonchev–Trinajstić information content (AvgIpc) is 2.38. The Hall–Kier alpha value is -0.880. The number of nitrogens with two attached hydrogens (primary N) is 1.